The zero-order valence-corrected chi connectivity index (χ0v) is 9.04. The van der Waals surface area contributed by atoms with E-state index in [1.54, 1.807) is 9.36 Å². The topological polar surface area (TPSA) is 48.9 Å². The van der Waals surface area contributed by atoms with Crippen molar-refractivity contribution in [3.63, 3.8) is 0 Å². The van der Waals surface area contributed by atoms with Crippen LogP contribution in [0.25, 0.3) is 0 Å². The molecule has 2 aliphatic rings. The molecule has 0 N–H and O–H groups in total. The first-order chi connectivity index (χ1) is 7.70. The van der Waals surface area contributed by atoms with Crippen molar-refractivity contribution < 1.29 is 0 Å². The van der Waals surface area contributed by atoms with Gasteiger partial charge in [-0.3, -0.25) is 0 Å². The van der Waals surface area contributed by atoms with Crippen molar-refractivity contribution in [3.05, 3.63) is 45.3 Å². The maximum Gasteiger partial charge on any atom is 0.347 e. The number of hydrogen-bond donors (Lipinski definition) is 0. The van der Waals surface area contributed by atoms with Crippen molar-refractivity contribution in [3.8, 4) is 0 Å². The second-order valence-electron chi connectivity index (χ2n) is 4.26. The Labute approximate surface area is 91.9 Å². The van der Waals surface area contributed by atoms with E-state index in [9.17, 15) is 9.59 Å². The predicted octanol–water partition coefficient (Wildman–Crippen LogP) is 0.350. The van der Waals surface area contributed by atoms with Gasteiger partial charge in [-0.15, -0.1) is 0 Å². The summed E-state index contributed by atoms with van der Waals surface area (Å²) >= 11 is 0. The molecule has 0 radical (unpaired) electrons. The van der Waals surface area contributed by atoms with Crippen molar-refractivity contribution in [2.24, 2.45) is 7.05 Å². The lowest BCUT2D eigenvalue weighted by Gasteiger charge is -2.26. The summed E-state index contributed by atoms with van der Waals surface area (Å²) in [5.41, 5.74) is -0.462. The predicted molar refractivity (Wildman–Crippen MR) is 59.5 cm³/mol. The molecule has 2 bridgehead atoms. The molecule has 1 aromatic rings. The number of rotatable bonds is 0. The van der Waals surface area contributed by atoms with Gasteiger partial charge in [0.1, 0.15) is 0 Å². The third-order valence-corrected chi connectivity index (χ3v) is 3.29. The van der Waals surface area contributed by atoms with Gasteiger partial charge in [-0.25, -0.2) is 23.5 Å². The summed E-state index contributed by atoms with van der Waals surface area (Å²) in [4.78, 5) is 23.9. The summed E-state index contributed by atoms with van der Waals surface area (Å²) in [6.07, 6.45) is 9.87. The van der Waals surface area contributed by atoms with Gasteiger partial charge in [0.05, 0.1) is 12.1 Å². The molecule has 5 heteroatoms. The highest BCUT2D eigenvalue weighted by molar-refractivity contribution is 5.13. The molecule has 1 aliphatic carbocycles. The Kier molecular flexibility index (Phi) is 1.83. The molecule has 84 valence electrons. The fourth-order valence-electron chi connectivity index (χ4n) is 2.42. The molecule has 5 nitrogen and oxygen atoms in total. The average Bonchev–Trinajstić information content (AvgIpc) is 2.45. The Balaban J connectivity index is 2.38. The molecule has 0 amide bonds. The van der Waals surface area contributed by atoms with E-state index < -0.39 is 0 Å². The summed E-state index contributed by atoms with van der Waals surface area (Å²) in [6.45, 7) is 0. The zero-order chi connectivity index (χ0) is 11.3. The second kappa shape index (κ2) is 3.10. The van der Waals surface area contributed by atoms with Crippen LogP contribution in [0.5, 0.6) is 0 Å². The van der Waals surface area contributed by atoms with E-state index in [2.05, 4.69) is 6.08 Å². The largest absolute Gasteiger partial charge is 0.347 e. The molecule has 1 aromatic heterocycles. The molecule has 0 fully saturated rings. The average molecular weight is 219 g/mol. The number of allylic oxidation sites excluding steroid dienone is 4. The maximum absolute atomic E-state index is 11.9. The molecular formula is C11H13N3O2. The molecule has 0 spiro atoms. The van der Waals surface area contributed by atoms with Crippen LogP contribution in [-0.2, 0) is 7.05 Å². The van der Waals surface area contributed by atoms with Crippen molar-refractivity contribution >= 4 is 0 Å². The zero-order valence-electron chi connectivity index (χ0n) is 9.04. The molecule has 0 unspecified atom stereocenters. The van der Waals surface area contributed by atoms with E-state index in [4.69, 9.17) is 0 Å². The van der Waals surface area contributed by atoms with Crippen LogP contribution in [0.15, 0.2) is 33.9 Å². The fraction of sp³-hybridized carbons (Fsp3) is 0.455. The van der Waals surface area contributed by atoms with Gasteiger partial charge in [0, 0.05) is 7.05 Å². The van der Waals surface area contributed by atoms with Crippen LogP contribution in [0.4, 0.5) is 0 Å². The number of aromatic nitrogens is 3. The van der Waals surface area contributed by atoms with Crippen molar-refractivity contribution in [1.29, 1.82) is 0 Å². The third kappa shape index (κ3) is 1.05. The van der Waals surface area contributed by atoms with Gasteiger partial charge in [-0.1, -0.05) is 24.3 Å². The Morgan fingerprint density at radius 3 is 2.69 bits per heavy atom. The standard InChI is InChI=1S/C11H13N3O2/c1-12-10(15)13-8-4-2-3-5-9(7-6-8)14(13)11(12)16/h2,4,6-9H,3,5H2,1H3/t8-,9-/m0/s1. The lowest BCUT2D eigenvalue weighted by atomic mass is 10.0. The van der Waals surface area contributed by atoms with E-state index in [0.717, 1.165) is 12.8 Å². The van der Waals surface area contributed by atoms with Crippen LogP contribution in [-0.4, -0.2) is 13.9 Å². The van der Waals surface area contributed by atoms with Gasteiger partial charge < -0.3 is 0 Å². The Bertz CT molecular complexity index is 600. The number of fused-ring (bicyclic) bond motifs is 5. The van der Waals surface area contributed by atoms with Crippen LogP contribution < -0.4 is 11.4 Å². The summed E-state index contributed by atoms with van der Waals surface area (Å²) in [5, 5.41) is 0. The molecule has 16 heavy (non-hydrogen) atoms. The van der Waals surface area contributed by atoms with Crippen LogP contribution in [0, 0.1) is 0 Å². The number of nitrogens with zero attached hydrogens (tertiary/aromatic N) is 3. The summed E-state index contributed by atoms with van der Waals surface area (Å²) in [7, 11) is 1.53. The third-order valence-electron chi connectivity index (χ3n) is 3.29. The molecule has 0 saturated heterocycles. The number of hydrogen-bond acceptors (Lipinski definition) is 2. The van der Waals surface area contributed by atoms with Crippen molar-refractivity contribution in [2.45, 2.75) is 24.9 Å². The summed E-state index contributed by atoms with van der Waals surface area (Å²) < 4.78 is 4.30. The van der Waals surface area contributed by atoms with Crippen LogP contribution in [0.3, 0.4) is 0 Å². The molecule has 1 aliphatic heterocycles. The smallest absolute Gasteiger partial charge is 0.246 e. The molecule has 3 rings (SSSR count). The molecule has 0 saturated carbocycles. The highest BCUT2D eigenvalue weighted by atomic mass is 16.2. The van der Waals surface area contributed by atoms with Gasteiger partial charge in [0.25, 0.3) is 0 Å². The Hall–Kier alpha value is -1.78. The van der Waals surface area contributed by atoms with Crippen LogP contribution in [0.1, 0.15) is 24.9 Å². The van der Waals surface area contributed by atoms with Gasteiger partial charge in [-0.05, 0) is 12.8 Å². The van der Waals surface area contributed by atoms with E-state index in [-0.39, 0.29) is 23.5 Å². The Morgan fingerprint density at radius 1 is 1.12 bits per heavy atom. The maximum atomic E-state index is 11.9. The van der Waals surface area contributed by atoms with Crippen molar-refractivity contribution in [2.75, 3.05) is 0 Å². The quantitative estimate of drug-likeness (QED) is 0.591. The Morgan fingerprint density at radius 2 is 1.88 bits per heavy atom. The van der Waals surface area contributed by atoms with E-state index in [1.165, 1.54) is 11.6 Å². The fourth-order valence-corrected chi connectivity index (χ4v) is 2.42. The van der Waals surface area contributed by atoms with Gasteiger partial charge in [-0.2, -0.15) is 0 Å². The highest BCUT2D eigenvalue weighted by Crippen LogP contribution is 2.25. The first kappa shape index (κ1) is 9.45. The van der Waals surface area contributed by atoms with Crippen molar-refractivity contribution in [1.82, 2.24) is 13.9 Å². The first-order valence-corrected chi connectivity index (χ1v) is 5.45. The van der Waals surface area contributed by atoms with Gasteiger partial charge in [0.15, 0.2) is 0 Å². The normalized spacial score (nSPS) is 26.6. The van der Waals surface area contributed by atoms with Gasteiger partial charge >= 0.3 is 11.4 Å². The minimum atomic E-state index is -0.240. The molecule has 2 atom stereocenters. The minimum absolute atomic E-state index is 0.0163. The molecular weight excluding hydrogens is 206 g/mol. The van der Waals surface area contributed by atoms with Crippen LogP contribution in [0.2, 0.25) is 0 Å². The van der Waals surface area contributed by atoms with Gasteiger partial charge in [0.2, 0.25) is 0 Å². The minimum Gasteiger partial charge on any atom is -0.246 e. The van der Waals surface area contributed by atoms with E-state index in [1.807, 2.05) is 18.2 Å². The summed E-state index contributed by atoms with van der Waals surface area (Å²) in [5.74, 6) is 0. The highest BCUT2D eigenvalue weighted by Gasteiger charge is 2.27. The molecule has 0 aromatic carbocycles. The molecule has 2 heterocycles. The lowest BCUT2D eigenvalue weighted by molar-refractivity contribution is 0.356. The SMILES string of the molecule is Cn1c(=O)n2n(c1=O)[C@@H]1C=C[C@@H]2C=CCC1. The monoisotopic (exact) mass is 219 g/mol. The van der Waals surface area contributed by atoms with Crippen LogP contribution >= 0.6 is 0 Å². The second-order valence-corrected chi connectivity index (χ2v) is 4.26. The lowest BCUT2D eigenvalue weighted by Crippen LogP contribution is -2.35. The first-order valence-electron chi connectivity index (χ1n) is 5.45. The summed E-state index contributed by atoms with van der Waals surface area (Å²) in [6, 6.07) is -0.0967. The van der Waals surface area contributed by atoms with E-state index >= 15 is 0 Å². The van der Waals surface area contributed by atoms with E-state index in [0.29, 0.717) is 0 Å².